The van der Waals surface area contributed by atoms with Crippen LogP contribution in [0.3, 0.4) is 0 Å². The Hall–Kier alpha value is -1.46. The highest BCUT2D eigenvalue weighted by atomic mass is 35.5. The van der Waals surface area contributed by atoms with Gasteiger partial charge in [0.05, 0.1) is 22.9 Å². The van der Waals surface area contributed by atoms with Gasteiger partial charge in [-0.15, -0.1) is 0 Å². The van der Waals surface area contributed by atoms with Crippen LogP contribution in [0.1, 0.15) is 18.4 Å². The molecule has 0 spiro atoms. The van der Waals surface area contributed by atoms with Crippen molar-refractivity contribution in [3.05, 3.63) is 56.0 Å². The predicted molar refractivity (Wildman–Crippen MR) is 98.2 cm³/mol. The zero-order chi connectivity index (χ0) is 18.6. The molecule has 0 unspecified atom stereocenters. The molecule has 0 aromatic heterocycles. The summed E-state index contributed by atoms with van der Waals surface area (Å²) in [6, 6.07) is 7.62. The molecule has 8 heteroatoms. The largest absolute Gasteiger partial charge is 0.427 e. The average molecular weight is 422 g/mol. The Balaban J connectivity index is 1.89. The van der Waals surface area contributed by atoms with Crippen LogP contribution in [0.15, 0.2) is 30.3 Å². The molecule has 0 atom stereocenters. The monoisotopic (exact) mass is 420 g/mol. The van der Waals surface area contributed by atoms with E-state index in [4.69, 9.17) is 55.9 Å². The third kappa shape index (κ3) is 5.79. The molecule has 132 valence electrons. The molecule has 25 heavy (non-hydrogen) atoms. The standard InChI is InChI=1S/C17H12Cl4O4/c1-9-6-11(2-3-12(9)19)24-15(22)4-5-16(23)25-17-13(20)7-10(18)8-14(17)21/h2-3,6-8H,4-5H2,1H3. The summed E-state index contributed by atoms with van der Waals surface area (Å²) in [6.45, 7) is 1.79. The van der Waals surface area contributed by atoms with Gasteiger partial charge in [-0.2, -0.15) is 0 Å². The minimum atomic E-state index is -0.671. The van der Waals surface area contributed by atoms with Crippen LogP contribution in [-0.2, 0) is 9.59 Å². The molecular formula is C17H12Cl4O4. The quantitative estimate of drug-likeness (QED) is 0.445. The van der Waals surface area contributed by atoms with Gasteiger partial charge in [0.2, 0.25) is 0 Å². The fourth-order valence-corrected chi connectivity index (χ4v) is 2.87. The fraction of sp³-hybridized carbons (Fsp3) is 0.176. The topological polar surface area (TPSA) is 52.6 Å². The van der Waals surface area contributed by atoms with Crippen molar-refractivity contribution in [2.24, 2.45) is 0 Å². The summed E-state index contributed by atoms with van der Waals surface area (Å²) >= 11 is 23.5. The molecule has 0 saturated carbocycles. The molecule has 4 nitrogen and oxygen atoms in total. The van der Waals surface area contributed by atoms with E-state index in [1.165, 1.54) is 12.1 Å². The SMILES string of the molecule is Cc1cc(OC(=O)CCC(=O)Oc2c(Cl)cc(Cl)cc2Cl)ccc1Cl. The van der Waals surface area contributed by atoms with Gasteiger partial charge in [-0.3, -0.25) is 9.59 Å². The molecule has 0 saturated heterocycles. The lowest BCUT2D eigenvalue weighted by Gasteiger charge is -2.09. The molecule has 0 N–H and O–H groups in total. The van der Waals surface area contributed by atoms with Crippen LogP contribution in [0.2, 0.25) is 20.1 Å². The van der Waals surface area contributed by atoms with Crippen molar-refractivity contribution in [3.63, 3.8) is 0 Å². The Morgan fingerprint density at radius 1 is 0.840 bits per heavy atom. The second-order valence-electron chi connectivity index (χ2n) is 5.06. The molecule has 0 aliphatic carbocycles. The summed E-state index contributed by atoms with van der Waals surface area (Å²) in [6.07, 6.45) is -0.357. The van der Waals surface area contributed by atoms with E-state index < -0.39 is 11.9 Å². The van der Waals surface area contributed by atoms with E-state index in [9.17, 15) is 9.59 Å². The molecule has 2 aromatic rings. The molecule has 2 rings (SSSR count). The number of hydrogen-bond acceptors (Lipinski definition) is 4. The Bertz CT molecular complexity index is 797. The second-order valence-corrected chi connectivity index (χ2v) is 6.72. The summed E-state index contributed by atoms with van der Waals surface area (Å²) in [5.41, 5.74) is 0.776. The van der Waals surface area contributed by atoms with Crippen LogP contribution in [0, 0.1) is 6.92 Å². The van der Waals surface area contributed by atoms with Gasteiger partial charge in [0.15, 0.2) is 5.75 Å². The molecule has 0 aliphatic rings. The lowest BCUT2D eigenvalue weighted by atomic mass is 10.2. The number of carbonyl (C=O) groups is 2. The highest BCUT2D eigenvalue weighted by Crippen LogP contribution is 2.36. The maximum Gasteiger partial charge on any atom is 0.311 e. The molecule has 0 fully saturated rings. The fourth-order valence-electron chi connectivity index (χ4n) is 1.86. The maximum atomic E-state index is 11.9. The van der Waals surface area contributed by atoms with Gasteiger partial charge in [-0.25, -0.2) is 0 Å². The minimum absolute atomic E-state index is 0.000531. The van der Waals surface area contributed by atoms with Crippen molar-refractivity contribution >= 4 is 58.3 Å². The van der Waals surface area contributed by atoms with Gasteiger partial charge >= 0.3 is 11.9 Å². The van der Waals surface area contributed by atoms with Crippen molar-refractivity contribution in [3.8, 4) is 11.5 Å². The number of hydrogen-bond donors (Lipinski definition) is 0. The van der Waals surface area contributed by atoms with Crippen LogP contribution in [0.5, 0.6) is 11.5 Å². The van der Waals surface area contributed by atoms with Gasteiger partial charge in [0.25, 0.3) is 0 Å². The van der Waals surface area contributed by atoms with Crippen LogP contribution >= 0.6 is 46.4 Å². The summed E-state index contributed by atoms with van der Waals surface area (Å²) < 4.78 is 10.2. The van der Waals surface area contributed by atoms with E-state index in [0.717, 1.165) is 5.56 Å². The minimum Gasteiger partial charge on any atom is -0.427 e. The highest BCUT2D eigenvalue weighted by molar-refractivity contribution is 6.40. The molecule has 0 aliphatic heterocycles. The van der Waals surface area contributed by atoms with Crippen LogP contribution < -0.4 is 9.47 Å². The van der Waals surface area contributed by atoms with E-state index in [-0.39, 0.29) is 28.6 Å². The summed E-state index contributed by atoms with van der Waals surface area (Å²) in [5.74, 6) is -0.897. The lowest BCUT2D eigenvalue weighted by Crippen LogP contribution is -2.14. The molecule has 2 aromatic carbocycles. The first-order valence-corrected chi connectivity index (χ1v) is 8.59. The number of rotatable bonds is 5. The van der Waals surface area contributed by atoms with Crippen molar-refractivity contribution < 1.29 is 19.1 Å². The Labute approximate surface area is 164 Å². The second kappa shape index (κ2) is 8.77. The van der Waals surface area contributed by atoms with E-state index in [0.29, 0.717) is 15.8 Å². The molecule has 0 bridgehead atoms. The third-order valence-corrected chi connectivity index (χ3v) is 4.28. The average Bonchev–Trinajstić information content (AvgIpc) is 2.52. The number of carbonyl (C=O) groups excluding carboxylic acids is 2. The summed E-state index contributed by atoms with van der Waals surface area (Å²) in [7, 11) is 0. The first-order chi connectivity index (χ1) is 11.8. The molecule has 0 heterocycles. The van der Waals surface area contributed by atoms with E-state index in [2.05, 4.69) is 0 Å². The van der Waals surface area contributed by atoms with Crippen molar-refractivity contribution in [1.82, 2.24) is 0 Å². The first-order valence-electron chi connectivity index (χ1n) is 7.08. The van der Waals surface area contributed by atoms with E-state index in [1.54, 1.807) is 25.1 Å². The van der Waals surface area contributed by atoms with Gasteiger partial charge in [-0.1, -0.05) is 46.4 Å². The van der Waals surface area contributed by atoms with Crippen molar-refractivity contribution in [1.29, 1.82) is 0 Å². The van der Waals surface area contributed by atoms with Crippen LogP contribution in [-0.4, -0.2) is 11.9 Å². The van der Waals surface area contributed by atoms with Crippen molar-refractivity contribution in [2.75, 3.05) is 0 Å². The van der Waals surface area contributed by atoms with Crippen LogP contribution in [0.4, 0.5) is 0 Å². The summed E-state index contributed by atoms with van der Waals surface area (Å²) in [4.78, 5) is 23.7. The third-order valence-electron chi connectivity index (χ3n) is 3.07. The van der Waals surface area contributed by atoms with E-state index in [1.807, 2.05) is 0 Å². The predicted octanol–water partition coefficient (Wildman–Crippen LogP) is 5.90. The highest BCUT2D eigenvalue weighted by Gasteiger charge is 2.16. The number of benzene rings is 2. The molecule has 0 radical (unpaired) electrons. The lowest BCUT2D eigenvalue weighted by molar-refractivity contribution is -0.140. The van der Waals surface area contributed by atoms with Gasteiger partial charge in [0.1, 0.15) is 5.75 Å². The van der Waals surface area contributed by atoms with Gasteiger partial charge in [0, 0.05) is 10.0 Å². The number of esters is 2. The van der Waals surface area contributed by atoms with E-state index >= 15 is 0 Å². The Morgan fingerprint density at radius 3 is 1.96 bits per heavy atom. The molecule has 0 amide bonds. The maximum absolute atomic E-state index is 11.9. The smallest absolute Gasteiger partial charge is 0.311 e. The Kier molecular flexibility index (Phi) is 6.96. The van der Waals surface area contributed by atoms with Crippen molar-refractivity contribution in [2.45, 2.75) is 19.8 Å². The Morgan fingerprint density at radius 2 is 1.40 bits per heavy atom. The number of ether oxygens (including phenoxy) is 2. The van der Waals surface area contributed by atoms with Crippen LogP contribution in [0.25, 0.3) is 0 Å². The zero-order valence-electron chi connectivity index (χ0n) is 12.9. The van der Waals surface area contributed by atoms with Gasteiger partial charge < -0.3 is 9.47 Å². The normalized spacial score (nSPS) is 10.4. The summed E-state index contributed by atoms with van der Waals surface area (Å²) in [5, 5.41) is 1.09. The molecular weight excluding hydrogens is 410 g/mol. The van der Waals surface area contributed by atoms with Gasteiger partial charge in [-0.05, 0) is 42.8 Å². The number of halogens is 4. The zero-order valence-corrected chi connectivity index (χ0v) is 16.0. The first kappa shape index (κ1) is 19.9. The number of aryl methyl sites for hydroxylation is 1.